The second-order valence-electron chi connectivity index (χ2n) is 5.35. The predicted octanol–water partition coefficient (Wildman–Crippen LogP) is 3.19. The van der Waals surface area contributed by atoms with Crippen molar-refractivity contribution in [3.63, 3.8) is 0 Å². The SMILES string of the molecule is Cc1cccc(CCNC(=O)NCCOc2ccc(F)c(F)c2)c1. The molecule has 0 fully saturated rings. The molecule has 0 aliphatic carbocycles. The van der Waals surface area contributed by atoms with Gasteiger partial charge in [0.2, 0.25) is 0 Å². The normalized spacial score (nSPS) is 10.3. The summed E-state index contributed by atoms with van der Waals surface area (Å²) in [4.78, 5) is 11.6. The van der Waals surface area contributed by atoms with Crippen LogP contribution in [0, 0.1) is 18.6 Å². The monoisotopic (exact) mass is 334 g/mol. The molecule has 24 heavy (non-hydrogen) atoms. The topological polar surface area (TPSA) is 50.4 Å². The molecule has 2 amide bonds. The number of nitrogens with one attached hydrogen (secondary N) is 2. The number of carbonyl (C=O) groups is 1. The lowest BCUT2D eigenvalue weighted by molar-refractivity contribution is 0.236. The Morgan fingerprint density at radius 1 is 1.04 bits per heavy atom. The lowest BCUT2D eigenvalue weighted by atomic mass is 10.1. The fraction of sp³-hybridized carbons (Fsp3) is 0.278. The van der Waals surface area contributed by atoms with Crippen molar-refractivity contribution >= 4 is 6.03 Å². The van der Waals surface area contributed by atoms with E-state index < -0.39 is 11.6 Å². The first kappa shape index (κ1) is 17.7. The van der Waals surface area contributed by atoms with Gasteiger partial charge in [0.1, 0.15) is 12.4 Å². The highest BCUT2D eigenvalue weighted by molar-refractivity contribution is 5.73. The van der Waals surface area contributed by atoms with Crippen molar-refractivity contribution in [3.8, 4) is 5.75 Å². The molecule has 6 heteroatoms. The molecule has 4 nitrogen and oxygen atoms in total. The quantitative estimate of drug-likeness (QED) is 0.764. The van der Waals surface area contributed by atoms with Crippen molar-refractivity contribution in [2.24, 2.45) is 0 Å². The Labute approximate surface area is 139 Å². The Bertz CT molecular complexity index is 692. The first-order valence-electron chi connectivity index (χ1n) is 7.69. The van der Waals surface area contributed by atoms with Gasteiger partial charge >= 0.3 is 6.03 Å². The maximum atomic E-state index is 13.0. The van der Waals surface area contributed by atoms with E-state index in [0.29, 0.717) is 6.54 Å². The van der Waals surface area contributed by atoms with Gasteiger partial charge < -0.3 is 15.4 Å². The van der Waals surface area contributed by atoms with Gasteiger partial charge in [-0.2, -0.15) is 0 Å². The Morgan fingerprint density at radius 2 is 1.83 bits per heavy atom. The Kier molecular flexibility index (Phi) is 6.54. The summed E-state index contributed by atoms with van der Waals surface area (Å²) >= 11 is 0. The highest BCUT2D eigenvalue weighted by Crippen LogP contribution is 2.14. The van der Waals surface area contributed by atoms with Crippen LogP contribution in [0.3, 0.4) is 0 Å². The molecule has 0 aliphatic heterocycles. The maximum absolute atomic E-state index is 13.0. The van der Waals surface area contributed by atoms with Crippen LogP contribution in [0.15, 0.2) is 42.5 Å². The van der Waals surface area contributed by atoms with E-state index in [4.69, 9.17) is 4.74 Å². The highest BCUT2D eigenvalue weighted by Gasteiger charge is 2.04. The van der Waals surface area contributed by atoms with Gasteiger partial charge in [0, 0.05) is 12.6 Å². The smallest absolute Gasteiger partial charge is 0.314 e. The molecular weight excluding hydrogens is 314 g/mol. The molecule has 0 radical (unpaired) electrons. The van der Waals surface area contributed by atoms with E-state index in [1.54, 1.807) is 0 Å². The third-order valence-electron chi connectivity index (χ3n) is 3.33. The van der Waals surface area contributed by atoms with E-state index in [1.165, 1.54) is 11.6 Å². The minimum atomic E-state index is -0.964. The Hall–Kier alpha value is -2.63. The molecule has 0 atom stereocenters. The molecule has 0 heterocycles. The van der Waals surface area contributed by atoms with Gasteiger partial charge in [-0.05, 0) is 31.0 Å². The van der Waals surface area contributed by atoms with Crippen LogP contribution in [0.25, 0.3) is 0 Å². The van der Waals surface area contributed by atoms with E-state index in [0.717, 1.165) is 24.1 Å². The minimum absolute atomic E-state index is 0.163. The zero-order chi connectivity index (χ0) is 17.4. The van der Waals surface area contributed by atoms with Crippen LogP contribution in [0.1, 0.15) is 11.1 Å². The van der Waals surface area contributed by atoms with Gasteiger partial charge in [0.25, 0.3) is 0 Å². The van der Waals surface area contributed by atoms with Gasteiger partial charge in [-0.3, -0.25) is 0 Å². The number of hydrogen-bond donors (Lipinski definition) is 2. The van der Waals surface area contributed by atoms with E-state index in [9.17, 15) is 13.6 Å². The highest BCUT2D eigenvalue weighted by atomic mass is 19.2. The van der Waals surface area contributed by atoms with Crippen molar-refractivity contribution in [1.82, 2.24) is 10.6 Å². The largest absolute Gasteiger partial charge is 0.492 e. The van der Waals surface area contributed by atoms with Gasteiger partial charge in [-0.25, -0.2) is 13.6 Å². The second kappa shape index (κ2) is 8.86. The van der Waals surface area contributed by atoms with Crippen molar-refractivity contribution in [1.29, 1.82) is 0 Å². The van der Waals surface area contributed by atoms with Gasteiger partial charge in [-0.1, -0.05) is 29.8 Å². The second-order valence-corrected chi connectivity index (χ2v) is 5.35. The van der Waals surface area contributed by atoms with Crippen LogP contribution in [-0.2, 0) is 6.42 Å². The number of aryl methyl sites for hydroxylation is 1. The molecule has 0 bridgehead atoms. The van der Waals surface area contributed by atoms with Crippen molar-refractivity contribution in [2.75, 3.05) is 19.7 Å². The molecule has 0 saturated carbocycles. The third-order valence-corrected chi connectivity index (χ3v) is 3.33. The van der Waals surface area contributed by atoms with Crippen LogP contribution in [0.4, 0.5) is 13.6 Å². The molecule has 2 rings (SSSR count). The summed E-state index contributed by atoms with van der Waals surface area (Å²) in [5.41, 5.74) is 2.35. The molecular formula is C18H20F2N2O2. The summed E-state index contributed by atoms with van der Waals surface area (Å²) in [7, 11) is 0. The molecule has 2 aromatic rings. The van der Waals surface area contributed by atoms with Crippen LogP contribution in [0.5, 0.6) is 5.75 Å². The van der Waals surface area contributed by atoms with Crippen molar-refractivity contribution in [3.05, 3.63) is 65.2 Å². The van der Waals surface area contributed by atoms with Crippen molar-refractivity contribution in [2.45, 2.75) is 13.3 Å². The standard InChI is InChI=1S/C18H20F2N2O2/c1-13-3-2-4-14(11-13)7-8-21-18(23)22-9-10-24-15-5-6-16(19)17(20)12-15/h2-6,11-12H,7-10H2,1H3,(H2,21,22,23). The number of urea groups is 1. The molecule has 0 spiro atoms. The lowest BCUT2D eigenvalue weighted by Gasteiger charge is -2.09. The van der Waals surface area contributed by atoms with E-state index >= 15 is 0 Å². The number of hydrogen-bond acceptors (Lipinski definition) is 2. The fourth-order valence-electron chi connectivity index (χ4n) is 2.15. The van der Waals surface area contributed by atoms with E-state index in [2.05, 4.69) is 16.7 Å². The van der Waals surface area contributed by atoms with Crippen LogP contribution >= 0.6 is 0 Å². The molecule has 0 aliphatic rings. The molecule has 0 saturated heterocycles. The average Bonchev–Trinajstić information content (AvgIpc) is 2.55. The number of ether oxygens (including phenoxy) is 1. The minimum Gasteiger partial charge on any atom is -0.492 e. The number of rotatable bonds is 7. The zero-order valence-corrected chi connectivity index (χ0v) is 13.4. The number of carbonyl (C=O) groups excluding carboxylic acids is 1. The summed E-state index contributed by atoms with van der Waals surface area (Å²) in [6.45, 7) is 2.97. The number of benzene rings is 2. The van der Waals surface area contributed by atoms with Crippen LogP contribution < -0.4 is 15.4 Å². The van der Waals surface area contributed by atoms with E-state index in [1.807, 2.05) is 25.1 Å². The summed E-state index contributed by atoms with van der Waals surface area (Å²) < 4.78 is 31.0. The lowest BCUT2D eigenvalue weighted by Crippen LogP contribution is -2.38. The molecule has 0 aromatic heterocycles. The molecule has 128 valence electrons. The Morgan fingerprint density at radius 3 is 2.58 bits per heavy atom. The first-order valence-corrected chi connectivity index (χ1v) is 7.69. The molecule has 2 aromatic carbocycles. The zero-order valence-electron chi connectivity index (χ0n) is 13.4. The fourth-order valence-corrected chi connectivity index (χ4v) is 2.15. The maximum Gasteiger partial charge on any atom is 0.314 e. The molecule has 2 N–H and O–H groups in total. The van der Waals surface area contributed by atoms with Crippen LogP contribution in [-0.4, -0.2) is 25.7 Å². The summed E-state index contributed by atoms with van der Waals surface area (Å²) in [5.74, 6) is -1.67. The molecule has 0 unspecified atom stereocenters. The average molecular weight is 334 g/mol. The number of amides is 2. The number of halogens is 2. The van der Waals surface area contributed by atoms with Gasteiger partial charge in [-0.15, -0.1) is 0 Å². The van der Waals surface area contributed by atoms with E-state index in [-0.39, 0.29) is 24.9 Å². The van der Waals surface area contributed by atoms with Crippen molar-refractivity contribution < 1.29 is 18.3 Å². The third kappa shape index (κ3) is 5.87. The summed E-state index contributed by atoms with van der Waals surface area (Å²) in [6.07, 6.45) is 0.750. The predicted molar refractivity (Wildman–Crippen MR) is 88.1 cm³/mol. The summed E-state index contributed by atoms with van der Waals surface area (Å²) in [6, 6.07) is 11.1. The first-order chi connectivity index (χ1) is 11.5. The van der Waals surface area contributed by atoms with Gasteiger partial charge in [0.15, 0.2) is 11.6 Å². The Balaban J connectivity index is 1.60. The summed E-state index contributed by atoms with van der Waals surface area (Å²) in [5, 5.41) is 5.38. The van der Waals surface area contributed by atoms with Gasteiger partial charge in [0.05, 0.1) is 6.54 Å². The van der Waals surface area contributed by atoms with Crippen LogP contribution in [0.2, 0.25) is 0 Å².